The summed E-state index contributed by atoms with van der Waals surface area (Å²) >= 11 is 0. The lowest BCUT2D eigenvalue weighted by Crippen LogP contribution is -2.36. The van der Waals surface area contributed by atoms with Gasteiger partial charge in [0.1, 0.15) is 19.0 Å². The normalized spacial score (nSPS) is 11.6. The highest BCUT2D eigenvalue weighted by atomic mass is 16.5. The van der Waals surface area contributed by atoms with Crippen molar-refractivity contribution in [3.8, 4) is 23.5 Å². The third-order valence-electron chi connectivity index (χ3n) is 5.58. The summed E-state index contributed by atoms with van der Waals surface area (Å²) in [5, 5.41) is 11.5. The van der Waals surface area contributed by atoms with Gasteiger partial charge in [0.25, 0.3) is 5.91 Å². The molecule has 2 aromatic carbocycles. The van der Waals surface area contributed by atoms with Gasteiger partial charge in [-0.25, -0.2) is 14.8 Å². The number of nitrogens with one attached hydrogen (secondary N) is 1. The molecule has 0 atom stereocenters. The Morgan fingerprint density at radius 3 is 2.20 bits per heavy atom. The molecule has 9 heteroatoms. The van der Waals surface area contributed by atoms with Crippen molar-refractivity contribution < 1.29 is 24.2 Å². The fourth-order valence-electron chi connectivity index (χ4n) is 4.01. The predicted molar refractivity (Wildman–Crippen MR) is 126 cm³/mol. The molecule has 0 saturated carbocycles. The molecule has 1 aliphatic carbocycles. The van der Waals surface area contributed by atoms with E-state index in [1.165, 1.54) is 12.4 Å². The van der Waals surface area contributed by atoms with Gasteiger partial charge in [0.15, 0.2) is 0 Å². The summed E-state index contributed by atoms with van der Waals surface area (Å²) < 4.78 is 5.48. The Morgan fingerprint density at radius 1 is 1.03 bits per heavy atom. The van der Waals surface area contributed by atoms with Crippen molar-refractivity contribution >= 4 is 18.0 Å². The molecule has 35 heavy (non-hydrogen) atoms. The number of amides is 2. The highest BCUT2D eigenvalue weighted by Gasteiger charge is 2.29. The van der Waals surface area contributed by atoms with Crippen molar-refractivity contribution in [3.63, 3.8) is 0 Å². The second-order valence-electron chi connectivity index (χ2n) is 7.83. The summed E-state index contributed by atoms with van der Waals surface area (Å²) in [6.45, 7) is -0.512. The fourth-order valence-corrected chi connectivity index (χ4v) is 4.01. The van der Waals surface area contributed by atoms with Gasteiger partial charge in [-0.15, -0.1) is 6.42 Å². The van der Waals surface area contributed by atoms with E-state index in [1.54, 1.807) is 0 Å². The van der Waals surface area contributed by atoms with Crippen molar-refractivity contribution in [1.82, 2.24) is 20.2 Å². The number of ether oxygens (including phenoxy) is 1. The van der Waals surface area contributed by atoms with Gasteiger partial charge < -0.3 is 20.1 Å². The van der Waals surface area contributed by atoms with Crippen LogP contribution < -0.4 is 5.32 Å². The van der Waals surface area contributed by atoms with Crippen molar-refractivity contribution in [2.75, 3.05) is 19.7 Å². The molecule has 3 aromatic rings. The van der Waals surface area contributed by atoms with Crippen LogP contribution >= 0.6 is 0 Å². The Morgan fingerprint density at radius 2 is 1.63 bits per heavy atom. The summed E-state index contributed by atoms with van der Waals surface area (Å²) in [6.07, 6.45) is 7.11. The quantitative estimate of drug-likeness (QED) is 0.486. The molecule has 0 spiro atoms. The van der Waals surface area contributed by atoms with Gasteiger partial charge in [0.2, 0.25) is 0 Å². The number of carboxylic acid groups (broad SMARTS) is 1. The lowest BCUT2D eigenvalue weighted by atomic mass is 9.98. The molecular formula is C26H22N4O5. The van der Waals surface area contributed by atoms with Crippen LogP contribution in [0.25, 0.3) is 11.1 Å². The van der Waals surface area contributed by atoms with Gasteiger partial charge in [-0.05, 0) is 22.3 Å². The molecule has 0 fully saturated rings. The maximum absolute atomic E-state index is 12.4. The van der Waals surface area contributed by atoms with Crippen LogP contribution in [0, 0.1) is 12.3 Å². The number of alkyl carbamates (subject to hydrolysis) is 1. The number of carbonyl (C=O) groups is 3. The lowest BCUT2D eigenvalue weighted by Gasteiger charge is -2.17. The molecule has 0 bridgehead atoms. The van der Waals surface area contributed by atoms with E-state index in [-0.39, 0.29) is 37.0 Å². The van der Waals surface area contributed by atoms with E-state index < -0.39 is 24.5 Å². The number of carbonyl (C=O) groups excluding carboxylic acids is 2. The number of carboxylic acids is 1. The van der Waals surface area contributed by atoms with Gasteiger partial charge >= 0.3 is 12.1 Å². The molecule has 2 N–H and O–H groups in total. The average molecular weight is 470 g/mol. The smallest absolute Gasteiger partial charge is 0.407 e. The first-order valence-corrected chi connectivity index (χ1v) is 10.8. The van der Waals surface area contributed by atoms with Crippen LogP contribution in [0.1, 0.15) is 33.2 Å². The van der Waals surface area contributed by atoms with Gasteiger partial charge in [-0.3, -0.25) is 9.59 Å². The third-order valence-corrected chi connectivity index (χ3v) is 5.58. The Balaban J connectivity index is 1.32. The zero-order valence-electron chi connectivity index (χ0n) is 18.7. The minimum atomic E-state index is -1.18. The number of fused-ring (bicyclic) bond motifs is 3. The summed E-state index contributed by atoms with van der Waals surface area (Å²) in [5.74, 6) is 0.684. The Hall–Kier alpha value is -4.71. The number of terminal acetylenes is 1. The summed E-state index contributed by atoms with van der Waals surface area (Å²) in [5.41, 5.74) is 4.61. The molecule has 2 amide bonds. The van der Waals surface area contributed by atoms with Crippen molar-refractivity contribution in [2.45, 2.75) is 12.5 Å². The van der Waals surface area contributed by atoms with Gasteiger partial charge in [-0.1, -0.05) is 54.5 Å². The number of nitrogens with zero attached hydrogens (tertiary/aromatic N) is 3. The van der Waals surface area contributed by atoms with E-state index in [1.807, 2.05) is 36.4 Å². The lowest BCUT2D eigenvalue weighted by molar-refractivity contribution is -0.137. The molecule has 0 saturated heterocycles. The number of aromatic nitrogens is 2. The number of aliphatic carboxylic acids is 1. The molecule has 0 radical (unpaired) electrons. The van der Waals surface area contributed by atoms with E-state index in [9.17, 15) is 14.4 Å². The largest absolute Gasteiger partial charge is 0.480 e. The van der Waals surface area contributed by atoms with Crippen molar-refractivity contribution in [1.29, 1.82) is 0 Å². The standard InChI is InChI=1S/C26H22N4O5/c1-2-11-30(15-24(31)32)25(33)17-12-27-23(28-13-17)14-29-26(34)35-16-22-20-9-5-3-7-18(20)19-8-4-6-10-21(19)22/h1,3-10,12-13,22H,11,14-16H2,(H,29,34)(H,31,32). The highest BCUT2D eigenvalue weighted by molar-refractivity contribution is 5.95. The zero-order valence-corrected chi connectivity index (χ0v) is 18.7. The van der Waals surface area contributed by atoms with E-state index in [0.717, 1.165) is 27.2 Å². The van der Waals surface area contributed by atoms with Crippen LogP contribution in [0.3, 0.4) is 0 Å². The summed E-state index contributed by atoms with van der Waals surface area (Å²) in [7, 11) is 0. The maximum Gasteiger partial charge on any atom is 0.407 e. The van der Waals surface area contributed by atoms with Crippen LogP contribution in [0.5, 0.6) is 0 Å². The molecule has 1 heterocycles. The van der Waals surface area contributed by atoms with E-state index in [2.05, 4.69) is 33.3 Å². The number of rotatable bonds is 8. The van der Waals surface area contributed by atoms with E-state index in [4.69, 9.17) is 16.3 Å². The maximum atomic E-state index is 12.4. The molecule has 9 nitrogen and oxygen atoms in total. The van der Waals surface area contributed by atoms with Gasteiger partial charge in [0, 0.05) is 18.3 Å². The van der Waals surface area contributed by atoms with E-state index >= 15 is 0 Å². The van der Waals surface area contributed by atoms with Crippen LogP contribution in [0.2, 0.25) is 0 Å². The topological polar surface area (TPSA) is 122 Å². The van der Waals surface area contributed by atoms with E-state index in [0.29, 0.717) is 0 Å². The van der Waals surface area contributed by atoms with Crippen LogP contribution in [0.15, 0.2) is 60.9 Å². The fraction of sp³-hybridized carbons (Fsp3) is 0.192. The Kier molecular flexibility index (Phi) is 7.02. The van der Waals surface area contributed by atoms with Crippen LogP contribution in [-0.2, 0) is 16.1 Å². The molecule has 176 valence electrons. The molecule has 0 aliphatic heterocycles. The minimum Gasteiger partial charge on any atom is -0.480 e. The zero-order chi connectivity index (χ0) is 24.8. The second-order valence-corrected chi connectivity index (χ2v) is 7.83. The summed E-state index contributed by atoms with van der Waals surface area (Å²) in [6, 6.07) is 16.1. The highest BCUT2D eigenvalue weighted by Crippen LogP contribution is 2.44. The minimum absolute atomic E-state index is 0.00561. The van der Waals surface area contributed by atoms with Gasteiger partial charge in [-0.2, -0.15) is 0 Å². The first kappa shape index (κ1) is 23.4. The SMILES string of the molecule is C#CCN(CC(=O)O)C(=O)c1cnc(CNC(=O)OCC2c3ccccc3-c3ccccc32)nc1. The monoisotopic (exact) mass is 470 g/mol. The number of benzene rings is 2. The molecule has 1 aliphatic rings. The first-order chi connectivity index (χ1) is 17.0. The Labute approximate surface area is 201 Å². The second kappa shape index (κ2) is 10.5. The number of hydrogen-bond acceptors (Lipinski definition) is 6. The van der Waals surface area contributed by atoms with Gasteiger partial charge in [0.05, 0.1) is 18.7 Å². The Bertz CT molecular complexity index is 1250. The third kappa shape index (κ3) is 5.28. The average Bonchev–Trinajstić information content (AvgIpc) is 3.19. The van der Waals surface area contributed by atoms with Crippen LogP contribution in [0.4, 0.5) is 4.79 Å². The molecular weight excluding hydrogens is 448 g/mol. The first-order valence-electron chi connectivity index (χ1n) is 10.8. The molecule has 1 aromatic heterocycles. The van der Waals surface area contributed by atoms with Crippen molar-refractivity contribution in [2.24, 2.45) is 0 Å². The molecule has 0 unspecified atom stereocenters. The predicted octanol–water partition coefficient (Wildman–Crippen LogP) is 2.68. The summed E-state index contributed by atoms with van der Waals surface area (Å²) in [4.78, 5) is 44.8. The van der Waals surface area contributed by atoms with Crippen LogP contribution in [-0.4, -0.2) is 57.6 Å². The van der Waals surface area contributed by atoms with Crippen molar-refractivity contribution in [3.05, 3.63) is 83.4 Å². The number of hydrogen-bond donors (Lipinski definition) is 2. The molecule has 4 rings (SSSR count).